The van der Waals surface area contributed by atoms with Crippen molar-refractivity contribution in [2.24, 2.45) is 0 Å². The van der Waals surface area contributed by atoms with Crippen molar-refractivity contribution in [3.05, 3.63) is 36.8 Å². The quantitative estimate of drug-likeness (QED) is 0.264. The van der Waals surface area contributed by atoms with Gasteiger partial charge in [0.05, 0.1) is 12.5 Å². The van der Waals surface area contributed by atoms with Gasteiger partial charge in [-0.05, 0) is 12.1 Å². The summed E-state index contributed by atoms with van der Waals surface area (Å²) in [5.41, 5.74) is 0. The number of phosphoric acid groups is 2. The maximum absolute atomic E-state index is 9.89. The zero-order chi connectivity index (χ0) is 15.2. The van der Waals surface area contributed by atoms with Crippen LogP contribution in [0.1, 0.15) is 0 Å². The van der Waals surface area contributed by atoms with E-state index in [2.05, 4.69) is 17.9 Å². The van der Waals surface area contributed by atoms with Gasteiger partial charge in [0.1, 0.15) is 15.6 Å². The molecule has 0 amide bonds. The van der Waals surface area contributed by atoms with E-state index in [-0.39, 0.29) is 152 Å². The zero-order valence-electron chi connectivity index (χ0n) is 14.0. The molecule has 20 heteroatoms. The first-order valence-electron chi connectivity index (χ1n) is 4.66. The average molecular weight is 532 g/mol. The topological polar surface area (TPSA) is 326 Å². The van der Waals surface area contributed by atoms with Crippen molar-refractivity contribution in [3.63, 3.8) is 0 Å². The molecule has 0 aliphatic heterocycles. The number of furan rings is 2. The van der Waals surface area contributed by atoms with Gasteiger partial charge in [-0.2, -0.15) is 0 Å². The molecular weight excluding hydrogens is 518 g/mol. The van der Waals surface area contributed by atoms with E-state index in [1.54, 1.807) is 0 Å². The fourth-order valence-corrected chi connectivity index (χ4v) is 1.50. The van der Waals surface area contributed by atoms with Crippen molar-refractivity contribution in [1.82, 2.24) is 0 Å². The van der Waals surface area contributed by atoms with Gasteiger partial charge in [0, 0.05) is 12.1 Å². The normalized spacial score (nSPS) is 8.14. The monoisotopic (exact) mass is 532 g/mol. The molecule has 0 bridgehead atoms. The van der Waals surface area contributed by atoms with Crippen LogP contribution >= 0.6 is 15.6 Å². The predicted molar refractivity (Wildman–Crippen MR) is 85.9 cm³/mol. The summed E-state index contributed by atoms with van der Waals surface area (Å²) in [5, 5.41) is 0. The molecule has 0 saturated heterocycles. The third kappa shape index (κ3) is 30.2. The second-order valence-corrected chi connectivity index (χ2v) is 5.10. The van der Waals surface area contributed by atoms with Crippen LogP contribution in [-0.2, 0) is 9.13 Å². The molecule has 0 unspecified atom stereocenters. The van der Waals surface area contributed by atoms with E-state index in [1.807, 2.05) is 0 Å². The number of hydrogen-bond donors (Lipinski definition) is 0. The van der Waals surface area contributed by atoms with E-state index in [1.165, 1.54) is 36.8 Å². The average Bonchev–Trinajstić information content (AvgIpc) is 2.87. The molecule has 8 N–H and O–H groups in total. The summed E-state index contributed by atoms with van der Waals surface area (Å²) in [4.78, 5) is 39.6. The van der Waals surface area contributed by atoms with Crippen molar-refractivity contribution < 1.29 is 74.0 Å². The van der Waals surface area contributed by atoms with Gasteiger partial charge in [0.15, 0.2) is 0 Å². The summed E-state index contributed by atoms with van der Waals surface area (Å²) in [7, 11) is -9.90. The minimum atomic E-state index is -4.95. The molecule has 0 aromatic carbocycles. The van der Waals surface area contributed by atoms with E-state index in [0.29, 0.717) is 0 Å². The van der Waals surface area contributed by atoms with Gasteiger partial charge in [0.25, 0.3) is 11.9 Å². The first-order valence-corrected chi connectivity index (χ1v) is 7.58. The van der Waals surface area contributed by atoms with Crippen molar-refractivity contribution >= 4 is 129 Å². The second kappa shape index (κ2) is 25.3. The fourth-order valence-electron chi connectivity index (χ4n) is 0.851. The van der Waals surface area contributed by atoms with Crippen LogP contribution in [0.3, 0.4) is 0 Å². The Balaban J connectivity index is -0.0000000370. The van der Waals surface area contributed by atoms with Crippen LogP contribution in [0.2, 0.25) is 0 Å². The molecule has 0 radical (unpaired) electrons. The Labute approximate surface area is 247 Å². The predicted octanol–water partition coefficient (Wildman–Crippen LogP) is -5.00. The van der Waals surface area contributed by atoms with Gasteiger partial charge >= 0.3 is 113 Å². The SMILES string of the molecule is O.O.O.O=P([O-])([O-])Oc1ccco1.O=P([O-])([O-])Oc1ccco1.[Ca+2].[Ca+2].[Ca+2].[OH-].[OH-]. The summed E-state index contributed by atoms with van der Waals surface area (Å²) in [6.07, 6.45) is 2.40. The first kappa shape index (κ1) is 52.2. The summed E-state index contributed by atoms with van der Waals surface area (Å²) in [5.74, 6) is -0.623. The van der Waals surface area contributed by atoms with E-state index in [9.17, 15) is 28.7 Å². The van der Waals surface area contributed by atoms with E-state index >= 15 is 0 Å². The molecule has 15 nitrogen and oxygen atoms in total. The molecule has 0 spiro atoms. The van der Waals surface area contributed by atoms with Gasteiger partial charge in [-0.3, -0.25) is 0 Å². The molecule has 2 aromatic rings. The van der Waals surface area contributed by atoms with Crippen molar-refractivity contribution in [1.29, 1.82) is 0 Å². The minimum absolute atomic E-state index is 0. The van der Waals surface area contributed by atoms with Crippen LogP contribution in [0.25, 0.3) is 0 Å². The van der Waals surface area contributed by atoms with Crippen LogP contribution in [0.5, 0.6) is 11.9 Å². The summed E-state index contributed by atoms with van der Waals surface area (Å²) in [6.45, 7) is 0. The third-order valence-electron chi connectivity index (χ3n) is 1.39. The summed E-state index contributed by atoms with van der Waals surface area (Å²) < 4.78 is 36.2. The minimum Gasteiger partial charge on any atom is -0.870 e. The molecule has 0 fully saturated rings. The van der Waals surface area contributed by atoms with Gasteiger partial charge in [0.2, 0.25) is 0 Å². The summed E-state index contributed by atoms with van der Waals surface area (Å²) >= 11 is 0. The smallest absolute Gasteiger partial charge is 0.870 e. The molecule has 2 heterocycles. The van der Waals surface area contributed by atoms with Crippen molar-refractivity contribution in [2.75, 3.05) is 0 Å². The standard InChI is InChI=1S/2C4H5O5P.3Ca.5H2O/c2*5-10(6,7)9-4-2-1-3-8-4;;;;;;;;/h2*1-3H,(H2,5,6,7);;;;5*1H2/q;;3*+2;;;;;/p-6. The Bertz CT molecular complexity index is 541. The van der Waals surface area contributed by atoms with Crippen LogP contribution in [-0.4, -0.2) is 141 Å². The molecule has 0 atom stereocenters. The number of phosphoric ester groups is 2. The Hall–Kier alpha value is 2.04. The molecule has 28 heavy (non-hydrogen) atoms. The van der Waals surface area contributed by atoms with Gasteiger partial charge in [-0.15, -0.1) is 0 Å². The maximum Gasteiger partial charge on any atom is 2.00 e. The third-order valence-corrected chi connectivity index (χ3v) is 2.20. The molecule has 2 rings (SSSR count). The van der Waals surface area contributed by atoms with E-state index in [0.717, 1.165) is 0 Å². The molecule has 0 aliphatic rings. The van der Waals surface area contributed by atoms with Gasteiger partial charge < -0.3 is 74.0 Å². The second-order valence-electron chi connectivity index (χ2n) is 2.94. The van der Waals surface area contributed by atoms with Gasteiger partial charge in [-0.25, -0.2) is 0 Å². The van der Waals surface area contributed by atoms with Crippen LogP contribution in [0.4, 0.5) is 0 Å². The number of hydrogen-bond acceptors (Lipinski definition) is 12. The van der Waals surface area contributed by atoms with E-state index < -0.39 is 15.6 Å². The molecule has 0 aliphatic carbocycles. The zero-order valence-corrected chi connectivity index (χ0v) is 22.4. The molecule has 152 valence electrons. The summed E-state index contributed by atoms with van der Waals surface area (Å²) in [6, 6.07) is 5.26. The number of rotatable bonds is 4. The Morgan fingerprint density at radius 3 is 1.07 bits per heavy atom. The maximum atomic E-state index is 9.89. The molecule has 0 saturated carbocycles. The van der Waals surface area contributed by atoms with Crippen molar-refractivity contribution in [3.8, 4) is 11.9 Å². The first-order chi connectivity index (χ1) is 9.16. The molecule has 2 aromatic heterocycles. The van der Waals surface area contributed by atoms with Crippen LogP contribution in [0.15, 0.2) is 45.6 Å². The van der Waals surface area contributed by atoms with E-state index in [4.69, 9.17) is 0 Å². The molecular formula is C8H14Ca3O15P2. The van der Waals surface area contributed by atoms with Crippen molar-refractivity contribution in [2.45, 2.75) is 0 Å². The Kier molecular flexibility index (Phi) is 47.1. The fraction of sp³-hybridized carbons (Fsp3) is 0. The van der Waals surface area contributed by atoms with Crippen LogP contribution < -0.4 is 28.6 Å². The van der Waals surface area contributed by atoms with Crippen LogP contribution in [0, 0.1) is 0 Å². The Morgan fingerprint density at radius 2 is 0.929 bits per heavy atom. The largest absolute Gasteiger partial charge is 2.00 e. The van der Waals surface area contributed by atoms with Gasteiger partial charge in [-0.1, -0.05) is 0 Å². The Morgan fingerprint density at radius 1 is 0.679 bits per heavy atom.